The van der Waals surface area contributed by atoms with E-state index in [0.29, 0.717) is 22.3 Å². The molecule has 0 spiro atoms. The van der Waals surface area contributed by atoms with Gasteiger partial charge in [-0.1, -0.05) is 18.2 Å². The number of benzene rings is 3. The molecule has 0 bridgehead atoms. The number of phenolic OH excluding ortho intramolecular Hbond substituents is 1. The normalized spacial score (nSPS) is 11.5. The molecule has 2 heterocycles. The minimum Gasteiger partial charge on any atom is -0.504 e. The number of halogens is 1. The van der Waals surface area contributed by atoms with Crippen LogP contribution in [0.15, 0.2) is 71.8 Å². The second-order valence-corrected chi connectivity index (χ2v) is 10.2. The first-order chi connectivity index (χ1) is 20.0. The average molecular weight is 574 g/mol. The van der Waals surface area contributed by atoms with Gasteiger partial charge in [-0.25, -0.2) is 19.0 Å². The zero-order valence-electron chi connectivity index (χ0n) is 23.3. The van der Waals surface area contributed by atoms with E-state index in [0.717, 1.165) is 6.07 Å². The van der Waals surface area contributed by atoms with Crippen molar-refractivity contribution in [3.8, 4) is 28.8 Å². The number of rotatable bonds is 8. The molecule has 0 fully saturated rings. The van der Waals surface area contributed by atoms with Crippen molar-refractivity contribution in [3.05, 3.63) is 94.4 Å². The van der Waals surface area contributed by atoms with Crippen molar-refractivity contribution in [1.82, 2.24) is 19.3 Å². The lowest BCUT2D eigenvalue weighted by Crippen LogP contribution is -2.32. The summed E-state index contributed by atoms with van der Waals surface area (Å²) in [5.41, 5.74) is -0.612. The van der Waals surface area contributed by atoms with Gasteiger partial charge in [0.15, 0.2) is 23.1 Å². The fourth-order valence-corrected chi connectivity index (χ4v) is 4.54. The molecule has 3 aromatic carbocycles. The van der Waals surface area contributed by atoms with Crippen LogP contribution in [0, 0.1) is 12.7 Å². The Balaban J connectivity index is 1.44. The average Bonchev–Trinajstić information content (AvgIpc) is 3.17. The summed E-state index contributed by atoms with van der Waals surface area (Å²) in [5, 5.41) is 23.5. The van der Waals surface area contributed by atoms with Gasteiger partial charge in [0.05, 0.1) is 41.5 Å². The van der Waals surface area contributed by atoms with Crippen molar-refractivity contribution < 1.29 is 28.9 Å². The zero-order chi connectivity index (χ0) is 30.2. The van der Waals surface area contributed by atoms with E-state index in [1.807, 2.05) is 0 Å². The van der Waals surface area contributed by atoms with Gasteiger partial charge in [0, 0.05) is 17.8 Å². The molecule has 0 aliphatic rings. The van der Waals surface area contributed by atoms with E-state index in [-0.39, 0.29) is 40.9 Å². The predicted octanol–water partition coefficient (Wildman–Crippen LogP) is 4.56. The molecule has 0 saturated heterocycles. The van der Waals surface area contributed by atoms with E-state index in [2.05, 4.69) is 15.3 Å². The van der Waals surface area contributed by atoms with Gasteiger partial charge in [0.2, 0.25) is 5.88 Å². The van der Waals surface area contributed by atoms with Crippen molar-refractivity contribution in [2.24, 2.45) is 0 Å². The van der Waals surface area contributed by atoms with Crippen molar-refractivity contribution in [2.45, 2.75) is 32.9 Å². The van der Waals surface area contributed by atoms with Crippen LogP contribution in [0.3, 0.4) is 0 Å². The Kier molecular flexibility index (Phi) is 7.40. The highest BCUT2D eigenvalue weighted by Gasteiger charge is 2.27. The number of aromatic nitrogens is 4. The number of phenols is 1. The number of para-hydroxylation sites is 1. The van der Waals surface area contributed by atoms with E-state index >= 15 is 4.39 Å². The highest BCUT2D eigenvalue weighted by Crippen LogP contribution is 2.36. The van der Waals surface area contributed by atoms with Gasteiger partial charge in [0.25, 0.3) is 11.5 Å². The lowest BCUT2D eigenvalue weighted by Gasteiger charge is -2.22. The number of nitrogens with zero attached hydrogens (tertiary/aromatic N) is 4. The maximum Gasteiger partial charge on any atom is 0.284 e. The number of methoxy groups -OCH3 is 1. The van der Waals surface area contributed by atoms with Crippen LogP contribution in [0.4, 0.5) is 10.1 Å². The summed E-state index contributed by atoms with van der Waals surface area (Å²) in [6, 6.07) is 15.4. The minimum absolute atomic E-state index is 0.0271. The monoisotopic (exact) mass is 573 g/mol. The molecular formula is C30H28FN5O6. The van der Waals surface area contributed by atoms with Crippen LogP contribution in [-0.2, 0) is 6.54 Å². The largest absolute Gasteiger partial charge is 0.504 e. The quantitative estimate of drug-likeness (QED) is 0.245. The number of hydrogen-bond donors (Lipinski definition) is 3. The summed E-state index contributed by atoms with van der Waals surface area (Å²) in [4.78, 5) is 35.0. The molecule has 1 amide bonds. The molecule has 11 nitrogen and oxygen atoms in total. The molecule has 5 aromatic rings. The van der Waals surface area contributed by atoms with Crippen LogP contribution in [0.1, 0.15) is 29.9 Å². The summed E-state index contributed by atoms with van der Waals surface area (Å²) < 4.78 is 28.9. The van der Waals surface area contributed by atoms with Crippen LogP contribution in [0.5, 0.6) is 23.1 Å². The van der Waals surface area contributed by atoms with Crippen LogP contribution in [-0.4, -0.2) is 48.2 Å². The number of carbonyl (C=O) groups is 1. The topological polar surface area (TPSA) is 141 Å². The summed E-state index contributed by atoms with van der Waals surface area (Å²) in [7, 11) is 1.39. The molecular weight excluding hydrogens is 545 g/mol. The molecule has 0 unspecified atom stereocenters. The van der Waals surface area contributed by atoms with Gasteiger partial charge in [-0.05, 0) is 51.1 Å². The van der Waals surface area contributed by atoms with Crippen LogP contribution >= 0.6 is 0 Å². The second-order valence-electron chi connectivity index (χ2n) is 10.2. The number of carbonyl (C=O) groups excluding carboxylic acids is 1. The number of anilines is 1. The van der Waals surface area contributed by atoms with Gasteiger partial charge in [0.1, 0.15) is 11.9 Å². The summed E-state index contributed by atoms with van der Waals surface area (Å²) >= 11 is 0. The Morgan fingerprint density at radius 2 is 1.81 bits per heavy atom. The van der Waals surface area contributed by atoms with Crippen LogP contribution < -0.4 is 20.3 Å². The van der Waals surface area contributed by atoms with Gasteiger partial charge >= 0.3 is 0 Å². The van der Waals surface area contributed by atoms with Crippen molar-refractivity contribution in [2.75, 3.05) is 12.4 Å². The third-order valence-corrected chi connectivity index (χ3v) is 6.46. The molecule has 42 heavy (non-hydrogen) atoms. The molecule has 5 rings (SSSR count). The molecule has 216 valence electrons. The Morgan fingerprint density at radius 1 is 1.07 bits per heavy atom. The lowest BCUT2D eigenvalue weighted by atomic mass is 10.1. The molecule has 12 heteroatoms. The first-order valence-corrected chi connectivity index (χ1v) is 12.9. The van der Waals surface area contributed by atoms with E-state index in [1.165, 1.54) is 42.4 Å². The van der Waals surface area contributed by atoms with Crippen molar-refractivity contribution >= 4 is 22.5 Å². The summed E-state index contributed by atoms with van der Waals surface area (Å²) in [6.07, 6.45) is 1.21. The van der Waals surface area contributed by atoms with E-state index < -0.39 is 22.9 Å². The maximum absolute atomic E-state index is 15.2. The number of ether oxygens (including phenoxy) is 2. The highest BCUT2D eigenvalue weighted by atomic mass is 19.1. The van der Waals surface area contributed by atoms with Gasteiger partial charge in [-0.15, -0.1) is 0 Å². The van der Waals surface area contributed by atoms with Crippen LogP contribution in [0.25, 0.3) is 16.6 Å². The molecule has 0 aliphatic heterocycles. The lowest BCUT2D eigenvalue weighted by molar-refractivity contribution is 0.0546. The standard InChI is InChI=1S/C30H28FN5O6/c1-17-26(29(39)36(19-8-6-5-7-9-19)35(17)15-30(2,3)40)27(38)34-18-10-11-24(21(31)12-18)42-28-20-13-25(41-4)23(37)14-22(20)32-16-33-28/h5-14,16,37,40H,15H2,1-4H3,(H,34,38). The number of amides is 1. The Bertz CT molecular complexity index is 1860. The SMILES string of the molecule is COc1cc2c(Oc3ccc(NC(=O)c4c(C)n(CC(C)(C)O)n(-c5ccccc5)c4=O)cc3F)ncnc2cc1O. The highest BCUT2D eigenvalue weighted by molar-refractivity contribution is 6.05. The van der Waals surface area contributed by atoms with Gasteiger partial charge < -0.3 is 25.0 Å². The molecule has 0 saturated carbocycles. The number of aromatic hydroxyl groups is 1. The smallest absolute Gasteiger partial charge is 0.284 e. The Morgan fingerprint density at radius 3 is 2.48 bits per heavy atom. The van der Waals surface area contributed by atoms with Crippen molar-refractivity contribution in [1.29, 1.82) is 0 Å². The first kappa shape index (κ1) is 28.3. The number of aliphatic hydroxyl groups is 1. The number of fused-ring (bicyclic) bond motifs is 1. The third-order valence-electron chi connectivity index (χ3n) is 6.46. The first-order valence-electron chi connectivity index (χ1n) is 12.9. The van der Waals surface area contributed by atoms with E-state index in [4.69, 9.17) is 9.47 Å². The molecule has 2 aromatic heterocycles. The Hall–Kier alpha value is -5.23. The fraction of sp³-hybridized carbons (Fsp3) is 0.200. The zero-order valence-corrected chi connectivity index (χ0v) is 23.3. The van der Waals surface area contributed by atoms with E-state index in [9.17, 15) is 19.8 Å². The van der Waals surface area contributed by atoms with Gasteiger partial charge in [-0.2, -0.15) is 0 Å². The Labute approximate surface area is 239 Å². The van der Waals surface area contributed by atoms with Crippen LogP contribution in [0.2, 0.25) is 0 Å². The van der Waals surface area contributed by atoms with Gasteiger partial charge in [-0.3, -0.25) is 14.3 Å². The predicted molar refractivity (Wildman–Crippen MR) is 153 cm³/mol. The molecule has 0 atom stereocenters. The summed E-state index contributed by atoms with van der Waals surface area (Å²) in [6.45, 7) is 4.85. The second kappa shape index (κ2) is 11.0. The minimum atomic E-state index is -1.18. The molecule has 0 radical (unpaired) electrons. The molecule has 3 N–H and O–H groups in total. The maximum atomic E-state index is 15.2. The summed E-state index contributed by atoms with van der Waals surface area (Å²) in [5.74, 6) is -1.65. The fourth-order valence-electron chi connectivity index (χ4n) is 4.54. The molecule has 0 aliphatic carbocycles. The third kappa shape index (κ3) is 5.52. The number of hydrogen-bond acceptors (Lipinski definition) is 8. The van der Waals surface area contributed by atoms with E-state index in [1.54, 1.807) is 55.8 Å². The number of nitrogens with one attached hydrogen (secondary N) is 1. The van der Waals surface area contributed by atoms with Crippen molar-refractivity contribution in [3.63, 3.8) is 0 Å².